The highest BCUT2D eigenvalue weighted by atomic mass is 19.4. The molecular formula is C28H31F6N3O3. The summed E-state index contributed by atoms with van der Waals surface area (Å²) < 4.78 is 78.8. The number of carbonyl (C=O) groups is 2. The lowest BCUT2D eigenvalue weighted by atomic mass is 9.91. The van der Waals surface area contributed by atoms with Crippen molar-refractivity contribution in [1.82, 2.24) is 10.2 Å². The van der Waals surface area contributed by atoms with Crippen LogP contribution < -0.4 is 10.6 Å². The molecule has 1 atom stereocenters. The van der Waals surface area contributed by atoms with Crippen molar-refractivity contribution in [3.05, 3.63) is 65.2 Å². The number of benzene rings is 2. The van der Waals surface area contributed by atoms with Crippen LogP contribution in [0.4, 0.5) is 36.8 Å². The van der Waals surface area contributed by atoms with E-state index in [-0.39, 0.29) is 24.3 Å². The largest absolute Gasteiger partial charge is 0.430 e. The van der Waals surface area contributed by atoms with Gasteiger partial charge in [-0.2, -0.15) is 26.3 Å². The van der Waals surface area contributed by atoms with Crippen molar-refractivity contribution < 1.29 is 41.0 Å². The molecule has 0 radical (unpaired) electrons. The van der Waals surface area contributed by atoms with Gasteiger partial charge >= 0.3 is 18.4 Å². The predicted molar refractivity (Wildman–Crippen MR) is 136 cm³/mol. The monoisotopic (exact) mass is 571 g/mol. The van der Waals surface area contributed by atoms with E-state index in [2.05, 4.69) is 10.6 Å². The van der Waals surface area contributed by atoms with Crippen LogP contribution in [0.1, 0.15) is 53.6 Å². The Morgan fingerprint density at radius 2 is 1.48 bits per heavy atom. The summed E-state index contributed by atoms with van der Waals surface area (Å²) in [7, 11) is 0. The highest BCUT2D eigenvalue weighted by Gasteiger charge is 2.71. The van der Waals surface area contributed by atoms with Gasteiger partial charge in [0.05, 0.1) is 0 Å². The topological polar surface area (TPSA) is 81.7 Å². The molecule has 12 heteroatoms. The van der Waals surface area contributed by atoms with Gasteiger partial charge in [0.2, 0.25) is 0 Å². The van der Waals surface area contributed by atoms with Gasteiger partial charge in [-0.1, -0.05) is 24.3 Å². The van der Waals surface area contributed by atoms with Crippen molar-refractivity contribution in [3.8, 4) is 0 Å². The van der Waals surface area contributed by atoms with E-state index in [0.29, 0.717) is 73.8 Å². The Bertz CT molecular complexity index is 1160. The highest BCUT2D eigenvalue weighted by molar-refractivity contribution is 5.98. The van der Waals surface area contributed by atoms with Crippen LogP contribution in [0.25, 0.3) is 0 Å². The number of alkyl halides is 6. The number of Topliss-reactive ketones (excluding diaryl/α,β-unsaturated/α-hetero) is 1. The molecular weight excluding hydrogens is 540 g/mol. The summed E-state index contributed by atoms with van der Waals surface area (Å²) in [5, 5.41) is 15.1. The summed E-state index contributed by atoms with van der Waals surface area (Å²) >= 11 is 0. The standard InChI is InChI=1S/C28H31F6N3O3/c29-27(30,31)26(40,28(32,33)34)22-9-5-19(6-10-22)17-37-14-1-2-20(13-15-37)24(38)21-7-11-23(12-8-21)36-25(39)35-16-18-3-4-18/h5-12,18,20,40H,1-4,13-17H2,(H2,35,36,39). The molecule has 1 aliphatic carbocycles. The Labute approximate surface area is 227 Å². The third-order valence-corrected chi connectivity index (χ3v) is 7.47. The Kier molecular flexibility index (Phi) is 8.79. The summed E-state index contributed by atoms with van der Waals surface area (Å²) in [6.45, 7) is 2.06. The lowest BCUT2D eigenvalue weighted by Crippen LogP contribution is -2.53. The molecule has 0 bridgehead atoms. The molecule has 0 spiro atoms. The second-order valence-corrected chi connectivity index (χ2v) is 10.5. The number of anilines is 1. The number of halogens is 6. The van der Waals surface area contributed by atoms with Crippen LogP contribution in [0.15, 0.2) is 48.5 Å². The molecule has 1 unspecified atom stereocenters. The van der Waals surface area contributed by atoms with Gasteiger partial charge in [-0.05, 0) is 80.9 Å². The lowest BCUT2D eigenvalue weighted by Gasteiger charge is -2.32. The van der Waals surface area contributed by atoms with Crippen molar-refractivity contribution in [1.29, 1.82) is 0 Å². The smallest absolute Gasteiger partial charge is 0.369 e. The fourth-order valence-electron chi connectivity index (χ4n) is 4.86. The average Bonchev–Trinajstić information content (AvgIpc) is 3.74. The van der Waals surface area contributed by atoms with Crippen molar-refractivity contribution in [2.45, 2.75) is 56.6 Å². The molecule has 6 nitrogen and oxygen atoms in total. The molecule has 1 aliphatic heterocycles. The summed E-state index contributed by atoms with van der Waals surface area (Å²) in [4.78, 5) is 27.1. The number of aliphatic hydroxyl groups is 1. The Morgan fingerprint density at radius 3 is 2.05 bits per heavy atom. The molecule has 4 rings (SSSR count). The molecule has 3 N–H and O–H groups in total. The molecule has 40 heavy (non-hydrogen) atoms. The van der Waals surface area contributed by atoms with E-state index in [9.17, 15) is 41.0 Å². The number of carbonyl (C=O) groups excluding carboxylic acids is 2. The molecule has 2 aromatic rings. The van der Waals surface area contributed by atoms with Crippen LogP contribution in [0.3, 0.4) is 0 Å². The second kappa shape index (κ2) is 11.8. The normalized spacial score (nSPS) is 19.1. The lowest BCUT2D eigenvalue weighted by molar-refractivity contribution is -0.376. The number of ketones is 1. The number of amides is 2. The van der Waals surface area contributed by atoms with Crippen LogP contribution >= 0.6 is 0 Å². The van der Waals surface area contributed by atoms with Crippen molar-refractivity contribution >= 4 is 17.5 Å². The van der Waals surface area contributed by atoms with Crippen LogP contribution in [0.5, 0.6) is 0 Å². The van der Waals surface area contributed by atoms with Gasteiger partial charge in [-0.25, -0.2) is 4.79 Å². The second-order valence-electron chi connectivity index (χ2n) is 10.5. The SMILES string of the molecule is O=C(NCC1CC1)Nc1ccc(C(=O)C2CCCN(Cc3ccc(C(O)(C(F)(F)F)C(F)(F)F)cc3)CC2)cc1. The van der Waals surface area contributed by atoms with E-state index in [1.807, 2.05) is 4.90 Å². The molecule has 218 valence electrons. The number of rotatable bonds is 8. The summed E-state index contributed by atoms with van der Waals surface area (Å²) in [6.07, 6.45) is -7.72. The molecule has 2 amide bonds. The van der Waals surface area contributed by atoms with E-state index in [1.54, 1.807) is 24.3 Å². The van der Waals surface area contributed by atoms with E-state index < -0.39 is 23.5 Å². The van der Waals surface area contributed by atoms with Crippen molar-refractivity contribution in [2.75, 3.05) is 25.0 Å². The van der Waals surface area contributed by atoms with Gasteiger partial charge in [0.15, 0.2) is 5.78 Å². The first-order chi connectivity index (χ1) is 18.8. The van der Waals surface area contributed by atoms with Crippen LogP contribution in [-0.2, 0) is 12.1 Å². The zero-order valence-corrected chi connectivity index (χ0v) is 21.6. The van der Waals surface area contributed by atoms with E-state index in [1.165, 1.54) is 0 Å². The van der Waals surface area contributed by atoms with E-state index >= 15 is 0 Å². The van der Waals surface area contributed by atoms with Crippen LogP contribution in [-0.4, -0.2) is 53.8 Å². The first-order valence-corrected chi connectivity index (χ1v) is 13.1. The Hall–Kier alpha value is -3.12. The third kappa shape index (κ3) is 6.95. The first-order valence-electron chi connectivity index (χ1n) is 13.1. The molecule has 2 aromatic carbocycles. The molecule has 1 heterocycles. The predicted octanol–water partition coefficient (Wildman–Crippen LogP) is 6.02. The summed E-state index contributed by atoms with van der Waals surface area (Å²) in [5.41, 5.74) is -4.65. The number of likely N-dealkylation sites (tertiary alicyclic amines) is 1. The third-order valence-electron chi connectivity index (χ3n) is 7.47. The molecule has 1 saturated heterocycles. The quantitative estimate of drug-likeness (QED) is 0.268. The van der Waals surface area contributed by atoms with E-state index in [0.717, 1.165) is 25.0 Å². The summed E-state index contributed by atoms with van der Waals surface area (Å²) in [6, 6.07) is 10.00. The zero-order valence-electron chi connectivity index (χ0n) is 21.6. The number of nitrogens with zero attached hydrogens (tertiary/aromatic N) is 1. The minimum Gasteiger partial charge on any atom is -0.369 e. The first kappa shape index (κ1) is 29.9. The fraction of sp³-hybridized carbons (Fsp3) is 0.500. The minimum atomic E-state index is -5.93. The van der Waals surface area contributed by atoms with Gasteiger partial charge in [0, 0.05) is 35.8 Å². The number of hydrogen-bond acceptors (Lipinski definition) is 4. The van der Waals surface area contributed by atoms with Gasteiger partial charge in [0.1, 0.15) is 0 Å². The maximum atomic E-state index is 13.1. The molecule has 2 aliphatic rings. The van der Waals surface area contributed by atoms with Crippen molar-refractivity contribution in [2.24, 2.45) is 11.8 Å². The Morgan fingerprint density at radius 1 is 0.850 bits per heavy atom. The zero-order chi connectivity index (χ0) is 29.1. The summed E-state index contributed by atoms with van der Waals surface area (Å²) in [5.74, 6) is 0.306. The molecule has 2 fully saturated rings. The number of nitrogens with one attached hydrogen (secondary N) is 2. The highest BCUT2D eigenvalue weighted by Crippen LogP contribution is 2.50. The van der Waals surface area contributed by atoms with Gasteiger partial charge < -0.3 is 15.7 Å². The minimum absolute atomic E-state index is 0.0190. The average molecular weight is 572 g/mol. The van der Waals surface area contributed by atoms with Crippen molar-refractivity contribution in [3.63, 3.8) is 0 Å². The van der Waals surface area contributed by atoms with Crippen LogP contribution in [0, 0.1) is 11.8 Å². The van der Waals surface area contributed by atoms with Gasteiger partial charge in [-0.3, -0.25) is 9.69 Å². The molecule has 1 saturated carbocycles. The maximum absolute atomic E-state index is 13.1. The maximum Gasteiger partial charge on any atom is 0.430 e. The van der Waals surface area contributed by atoms with Crippen LogP contribution in [0.2, 0.25) is 0 Å². The Balaban J connectivity index is 1.31. The van der Waals surface area contributed by atoms with E-state index in [4.69, 9.17) is 0 Å². The van der Waals surface area contributed by atoms with Gasteiger partial charge in [-0.15, -0.1) is 0 Å². The fourth-order valence-corrected chi connectivity index (χ4v) is 4.86. The molecule has 0 aromatic heterocycles. The van der Waals surface area contributed by atoms with Gasteiger partial charge in [0.25, 0.3) is 5.60 Å². The number of hydrogen-bond donors (Lipinski definition) is 3. The number of urea groups is 1.